The lowest BCUT2D eigenvalue weighted by Gasteiger charge is -2.09. The van der Waals surface area contributed by atoms with Crippen LogP contribution in [0.3, 0.4) is 0 Å². The summed E-state index contributed by atoms with van der Waals surface area (Å²) in [6.45, 7) is -0.111. The van der Waals surface area contributed by atoms with Gasteiger partial charge in [0.15, 0.2) is 6.61 Å². The maximum absolute atomic E-state index is 11.9. The predicted octanol–water partition coefficient (Wildman–Crippen LogP) is 3.96. The van der Waals surface area contributed by atoms with E-state index in [9.17, 15) is 9.59 Å². The van der Waals surface area contributed by atoms with Gasteiger partial charge in [-0.3, -0.25) is 9.59 Å². The monoisotopic (exact) mass is 448 g/mol. The van der Waals surface area contributed by atoms with E-state index in [4.69, 9.17) is 17.0 Å². The molecule has 0 radical (unpaired) electrons. The number of carbonyl (C=O) groups excluding carboxylic acids is 2. The summed E-state index contributed by atoms with van der Waals surface area (Å²) in [5.74, 6) is 0.0882. The molecule has 2 aromatic rings. The van der Waals surface area contributed by atoms with Crippen LogP contribution in [-0.4, -0.2) is 22.7 Å². The van der Waals surface area contributed by atoms with Crippen LogP contribution in [0.4, 0.5) is 5.69 Å². The van der Waals surface area contributed by atoms with E-state index in [0.29, 0.717) is 25.1 Å². The van der Waals surface area contributed by atoms with Crippen molar-refractivity contribution < 1.29 is 14.3 Å². The highest BCUT2D eigenvalue weighted by atomic mass is 79.9. The number of benzene rings is 2. The summed E-state index contributed by atoms with van der Waals surface area (Å²) in [5.41, 5.74) is 1.53. The quantitative estimate of drug-likeness (QED) is 0.535. The smallest absolute Gasteiger partial charge is 0.263 e. The summed E-state index contributed by atoms with van der Waals surface area (Å²) in [5, 5.41) is 5.32. The molecule has 26 heavy (non-hydrogen) atoms. The van der Waals surface area contributed by atoms with Crippen LogP contribution in [0, 0.1) is 0 Å². The van der Waals surface area contributed by atoms with E-state index < -0.39 is 0 Å². The topological polar surface area (TPSA) is 67.4 Å². The van der Waals surface area contributed by atoms with Gasteiger partial charge in [-0.2, -0.15) is 0 Å². The summed E-state index contributed by atoms with van der Waals surface area (Å²) in [4.78, 5) is 24.2. The van der Waals surface area contributed by atoms with Crippen LogP contribution >= 0.6 is 39.9 Å². The Morgan fingerprint density at radius 1 is 1.27 bits per heavy atom. The van der Waals surface area contributed by atoms with Crippen LogP contribution in [0.15, 0.2) is 57.9 Å². The fourth-order valence-electron chi connectivity index (χ4n) is 2.16. The third kappa shape index (κ3) is 4.94. The molecule has 2 aromatic carbocycles. The van der Waals surface area contributed by atoms with Crippen molar-refractivity contribution in [2.75, 3.05) is 11.9 Å². The Hall–Kier alpha value is -2.16. The van der Waals surface area contributed by atoms with Crippen molar-refractivity contribution in [2.24, 2.45) is 0 Å². The SMILES string of the molecule is O=C(COc1ccc(C=C2SC(=S)NC2=O)cc1Br)Nc1ccccc1. The normalized spacial score (nSPS) is 15.0. The van der Waals surface area contributed by atoms with Crippen molar-refractivity contribution >= 4 is 67.8 Å². The molecule has 0 bridgehead atoms. The summed E-state index contributed by atoms with van der Waals surface area (Å²) in [7, 11) is 0. The van der Waals surface area contributed by atoms with E-state index in [0.717, 1.165) is 5.56 Å². The number of halogens is 1. The molecule has 2 amide bonds. The van der Waals surface area contributed by atoms with E-state index in [2.05, 4.69) is 26.6 Å². The second-order valence-electron chi connectivity index (χ2n) is 5.24. The van der Waals surface area contributed by atoms with Gasteiger partial charge in [0.2, 0.25) is 0 Å². The molecule has 0 aromatic heterocycles. The number of anilines is 1. The minimum atomic E-state index is -0.248. The van der Waals surface area contributed by atoms with Gasteiger partial charge in [-0.25, -0.2) is 0 Å². The fraction of sp³-hybridized carbons (Fsp3) is 0.0556. The van der Waals surface area contributed by atoms with Gasteiger partial charge in [0.1, 0.15) is 10.1 Å². The van der Waals surface area contributed by atoms with Crippen LogP contribution in [0.25, 0.3) is 6.08 Å². The average molecular weight is 449 g/mol. The molecule has 0 aliphatic carbocycles. The lowest BCUT2D eigenvalue weighted by Crippen LogP contribution is -2.20. The lowest BCUT2D eigenvalue weighted by molar-refractivity contribution is -0.118. The molecule has 1 heterocycles. The van der Waals surface area contributed by atoms with Gasteiger partial charge in [0.25, 0.3) is 11.8 Å². The third-order valence-electron chi connectivity index (χ3n) is 3.31. The number of hydrogen-bond acceptors (Lipinski definition) is 5. The Balaban J connectivity index is 1.61. The molecule has 1 fully saturated rings. The van der Waals surface area contributed by atoms with Gasteiger partial charge >= 0.3 is 0 Å². The zero-order chi connectivity index (χ0) is 18.5. The Morgan fingerprint density at radius 3 is 2.69 bits per heavy atom. The van der Waals surface area contributed by atoms with Crippen molar-refractivity contribution in [3.63, 3.8) is 0 Å². The van der Waals surface area contributed by atoms with E-state index in [-0.39, 0.29) is 18.4 Å². The van der Waals surface area contributed by atoms with Crippen molar-refractivity contribution in [1.29, 1.82) is 0 Å². The average Bonchev–Trinajstić information content (AvgIpc) is 2.92. The standard InChI is InChI=1S/C18H13BrN2O3S2/c19-13-8-11(9-15-17(23)21-18(25)26-15)6-7-14(13)24-10-16(22)20-12-4-2-1-3-5-12/h1-9H,10H2,(H,20,22)(H,21,23,25). The molecular weight excluding hydrogens is 436 g/mol. The summed E-state index contributed by atoms with van der Waals surface area (Å²) in [6.07, 6.45) is 1.75. The van der Waals surface area contributed by atoms with Crippen LogP contribution in [0.5, 0.6) is 5.75 Å². The Morgan fingerprint density at radius 2 is 2.04 bits per heavy atom. The molecule has 0 spiro atoms. The van der Waals surface area contributed by atoms with Gasteiger partial charge in [-0.1, -0.05) is 48.2 Å². The zero-order valence-electron chi connectivity index (χ0n) is 13.3. The van der Waals surface area contributed by atoms with E-state index in [1.54, 1.807) is 30.3 Å². The van der Waals surface area contributed by atoms with Gasteiger partial charge in [0, 0.05) is 5.69 Å². The second kappa shape index (κ2) is 8.48. The molecule has 8 heteroatoms. The van der Waals surface area contributed by atoms with Crippen LogP contribution < -0.4 is 15.4 Å². The van der Waals surface area contributed by atoms with Gasteiger partial charge in [0.05, 0.1) is 9.38 Å². The minimum Gasteiger partial charge on any atom is -0.483 e. The highest BCUT2D eigenvalue weighted by Gasteiger charge is 2.22. The lowest BCUT2D eigenvalue weighted by atomic mass is 10.2. The first-order valence-corrected chi connectivity index (χ1v) is 9.55. The first-order valence-electron chi connectivity index (χ1n) is 7.53. The first-order chi connectivity index (χ1) is 12.5. The third-order valence-corrected chi connectivity index (χ3v) is 5.09. The number of ether oxygens (including phenoxy) is 1. The molecule has 132 valence electrons. The molecular formula is C18H13BrN2O3S2. The van der Waals surface area contributed by atoms with E-state index >= 15 is 0 Å². The first kappa shape index (κ1) is 18.6. The summed E-state index contributed by atoms with van der Waals surface area (Å²) < 4.78 is 6.68. The Kier molecular flexibility index (Phi) is 6.08. The highest BCUT2D eigenvalue weighted by molar-refractivity contribution is 9.10. The number of nitrogens with one attached hydrogen (secondary N) is 2. The number of carbonyl (C=O) groups is 2. The molecule has 1 aliphatic heterocycles. The summed E-state index contributed by atoms with van der Waals surface area (Å²) in [6, 6.07) is 14.5. The van der Waals surface area contributed by atoms with E-state index in [1.165, 1.54) is 11.8 Å². The number of amides is 2. The van der Waals surface area contributed by atoms with Gasteiger partial charge in [-0.15, -0.1) is 0 Å². The number of hydrogen-bond donors (Lipinski definition) is 2. The maximum Gasteiger partial charge on any atom is 0.263 e. The minimum absolute atomic E-state index is 0.111. The number of thioether (sulfide) groups is 1. The largest absolute Gasteiger partial charge is 0.483 e. The van der Waals surface area contributed by atoms with Crippen molar-refractivity contribution in [3.05, 3.63) is 63.5 Å². The van der Waals surface area contributed by atoms with Crippen molar-refractivity contribution in [3.8, 4) is 5.75 Å². The fourth-order valence-corrected chi connectivity index (χ4v) is 3.71. The van der Waals surface area contributed by atoms with Crippen LogP contribution in [-0.2, 0) is 9.59 Å². The van der Waals surface area contributed by atoms with Crippen LogP contribution in [0.1, 0.15) is 5.56 Å². The second-order valence-corrected chi connectivity index (χ2v) is 7.82. The number of para-hydroxylation sites is 1. The van der Waals surface area contributed by atoms with Crippen molar-refractivity contribution in [1.82, 2.24) is 5.32 Å². The molecule has 1 saturated heterocycles. The predicted molar refractivity (Wildman–Crippen MR) is 111 cm³/mol. The number of thiocarbonyl (C=S) groups is 1. The Labute approximate surface area is 168 Å². The molecule has 1 aliphatic rings. The van der Waals surface area contributed by atoms with Crippen molar-refractivity contribution in [2.45, 2.75) is 0 Å². The maximum atomic E-state index is 11.9. The molecule has 2 N–H and O–H groups in total. The van der Waals surface area contributed by atoms with Crippen LogP contribution in [0.2, 0.25) is 0 Å². The van der Waals surface area contributed by atoms with E-state index in [1.807, 2.05) is 24.3 Å². The Bertz CT molecular complexity index is 901. The molecule has 0 unspecified atom stereocenters. The highest BCUT2D eigenvalue weighted by Crippen LogP contribution is 2.30. The molecule has 0 atom stereocenters. The van der Waals surface area contributed by atoms with Gasteiger partial charge < -0.3 is 15.4 Å². The number of rotatable bonds is 5. The molecule has 3 rings (SSSR count). The molecule has 5 nitrogen and oxygen atoms in total. The molecule has 0 saturated carbocycles. The summed E-state index contributed by atoms with van der Waals surface area (Å²) >= 11 is 9.61. The van der Waals surface area contributed by atoms with Gasteiger partial charge in [-0.05, 0) is 51.8 Å². The zero-order valence-corrected chi connectivity index (χ0v) is 16.5.